The number of amides is 1. The molecule has 0 aliphatic rings. The average Bonchev–Trinajstić information content (AvgIpc) is 2.53. The van der Waals surface area contributed by atoms with E-state index >= 15 is 0 Å². The third-order valence-electron chi connectivity index (χ3n) is 3.48. The maximum Gasteiger partial charge on any atom is 1.00 e. The molecule has 0 spiro atoms. The molecule has 0 radical (unpaired) electrons. The second-order valence-corrected chi connectivity index (χ2v) is 5.58. The van der Waals surface area contributed by atoms with Gasteiger partial charge in [0.1, 0.15) is 0 Å². The van der Waals surface area contributed by atoms with E-state index < -0.39 is 31.4 Å². The first-order valence-electron chi connectivity index (χ1n) is 9.61. The van der Waals surface area contributed by atoms with E-state index in [0.29, 0.717) is 11.3 Å². The fourth-order valence-electron chi connectivity index (χ4n) is 2.05. The molecule has 0 rings (SSSR count). The van der Waals surface area contributed by atoms with E-state index in [1.165, 1.54) is 0 Å². The zero-order valence-electron chi connectivity index (χ0n) is 17.8. The van der Waals surface area contributed by atoms with Crippen molar-refractivity contribution in [3.8, 4) is 0 Å². The van der Waals surface area contributed by atoms with Crippen molar-refractivity contribution in [3.05, 3.63) is 0 Å². The van der Waals surface area contributed by atoms with Crippen LogP contribution < -0.4 is 40.0 Å². The van der Waals surface area contributed by atoms with Crippen molar-refractivity contribution in [2.24, 2.45) is 0 Å². The molecule has 0 aliphatic carbocycles. The van der Waals surface area contributed by atoms with Gasteiger partial charge < -0.3 is 19.9 Å². The Hall–Kier alpha value is -0.630. The number of aliphatic hydroxyl groups is 1. The van der Waals surface area contributed by atoms with E-state index in [-0.39, 0.29) is 42.1 Å². The summed E-state index contributed by atoms with van der Waals surface area (Å²) in [6.07, 6.45) is 6.92. The molecule has 0 aliphatic heterocycles. The van der Waals surface area contributed by atoms with E-state index in [2.05, 4.69) is 5.32 Å². The summed E-state index contributed by atoms with van der Waals surface area (Å²) in [4.78, 5) is 22.7. The number of unbranched alkanes of at least 4 members (excludes halogenated alkanes) is 5. The van der Waals surface area contributed by atoms with Crippen LogP contribution in [0.2, 0.25) is 0 Å². The quantitative estimate of drug-likeness (QED) is 0.157. The van der Waals surface area contributed by atoms with Gasteiger partial charge in [-0.2, -0.15) is 0 Å². The number of carboxylic acids is 1. The summed E-state index contributed by atoms with van der Waals surface area (Å²) in [6, 6.07) is 0. The SMILES string of the molecule is [2H]C([2H])([2H])N(CC(=O)[O-])C(=N)NC(=O)CCCCCCCCC(O)CC.[Na+]. The molecule has 0 saturated carbocycles. The maximum atomic E-state index is 11.8. The van der Waals surface area contributed by atoms with Gasteiger partial charge in [-0.15, -0.1) is 0 Å². The minimum atomic E-state index is -2.85. The third-order valence-corrected chi connectivity index (χ3v) is 3.48. The van der Waals surface area contributed by atoms with Crippen molar-refractivity contribution >= 4 is 17.8 Å². The van der Waals surface area contributed by atoms with Crippen LogP contribution in [0.5, 0.6) is 0 Å². The molecular formula is C16H30N3NaO4. The Morgan fingerprint density at radius 2 is 1.83 bits per heavy atom. The number of carbonyl (C=O) groups excluding carboxylic acids is 2. The smallest absolute Gasteiger partial charge is 0.548 e. The van der Waals surface area contributed by atoms with Gasteiger partial charge in [0, 0.05) is 17.5 Å². The number of carboxylic acid groups (broad SMARTS) is 1. The van der Waals surface area contributed by atoms with E-state index in [1.807, 2.05) is 6.92 Å². The zero-order valence-corrected chi connectivity index (χ0v) is 16.8. The Labute approximate surface area is 171 Å². The molecule has 8 heteroatoms. The predicted molar refractivity (Wildman–Crippen MR) is 86.7 cm³/mol. The fraction of sp³-hybridized carbons (Fsp3) is 0.812. The molecule has 0 aromatic carbocycles. The number of guanidine groups is 1. The molecule has 1 amide bonds. The number of nitrogens with zero attached hydrogens (tertiary/aromatic N) is 1. The second kappa shape index (κ2) is 15.9. The summed E-state index contributed by atoms with van der Waals surface area (Å²) in [5, 5.41) is 29.7. The van der Waals surface area contributed by atoms with Crippen molar-refractivity contribution in [1.82, 2.24) is 10.2 Å². The molecule has 1 unspecified atom stereocenters. The molecule has 134 valence electrons. The standard InChI is InChI=1S/C16H31N3O4.Na/c1-3-13(20)10-8-6-4-5-7-9-11-14(21)18-16(17)19(2)12-15(22)23;/h13,20H,3-12H2,1-2H3,(H,22,23)(H2,17,18,21);/q;+1/p-1/i2D3;. The Bertz CT molecular complexity index is 465. The van der Waals surface area contributed by atoms with Gasteiger partial charge >= 0.3 is 29.6 Å². The fourth-order valence-corrected chi connectivity index (χ4v) is 2.05. The first kappa shape index (κ1) is 19.7. The molecule has 0 saturated heterocycles. The van der Waals surface area contributed by atoms with Crippen molar-refractivity contribution < 1.29 is 53.5 Å². The van der Waals surface area contributed by atoms with E-state index in [9.17, 15) is 19.8 Å². The summed E-state index contributed by atoms with van der Waals surface area (Å²) in [5.74, 6) is -2.94. The molecule has 0 bridgehead atoms. The van der Waals surface area contributed by atoms with Gasteiger partial charge in [0.05, 0.1) is 18.6 Å². The van der Waals surface area contributed by atoms with Crippen LogP contribution in [0.15, 0.2) is 0 Å². The number of aliphatic carboxylic acids is 1. The van der Waals surface area contributed by atoms with Crippen molar-refractivity contribution in [2.45, 2.75) is 70.8 Å². The average molecular weight is 354 g/mol. The molecule has 7 nitrogen and oxygen atoms in total. The summed E-state index contributed by atoms with van der Waals surface area (Å²) >= 11 is 0. The molecule has 0 aromatic rings. The van der Waals surface area contributed by atoms with Crippen LogP contribution in [-0.4, -0.2) is 47.5 Å². The van der Waals surface area contributed by atoms with Crippen molar-refractivity contribution in [2.75, 3.05) is 13.5 Å². The monoisotopic (exact) mass is 354 g/mol. The summed E-state index contributed by atoms with van der Waals surface area (Å²) in [7, 11) is 0. The van der Waals surface area contributed by atoms with Crippen LogP contribution >= 0.6 is 0 Å². The first-order valence-corrected chi connectivity index (χ1v) is 8.11. The molecule has 0 heterocycles. The van der Waals surface area contributed by atoms with Crippen LogP contribution in [0.3, 0.4) is 0 Å². The van der Waals surface area contributed by atoms with Crippen LogP contribution in [0.4, 0.5) is 0 Å². The summed E-state index contributed by atoms with van der Waals surface area (Å²) in [6.45, 7) is -1.90. The van der Waals surface area contributed by atoms with E-state index in [4.69, 9.17) is 9.52 Å². The molecule has 24 heavy (non-hydrogen) atoms. The van der Waals surface area contributed by atoms with Crippen molar-refractivity contribution in [3.63, 3.8) is 0 Å². The van der Waals surface area contributed by atoms with Gasteiger partial charge in [-0.25, -0.2) is 0 Å². The minimum absolute atomic E-state index is 0. The molecule has 0 fully saturated rings. The van der Waals surface area contributed by atoms with Gasteiger partial charge in [-0.3, -0.25) is 15.5 Å². The zero-order chi connectivity index (χ0) is 20.2. The number of nitrogens with one attached hydrogen (secondary N) is 2. The van der Waals surface area contributed by atoms with Crippen LogP contribution in [-0.2, 0) is 9.59 Å². The first-order chi connectivity index (χ1) is 12.1. The van der Waals surface area contributed by atoms with Gasteiger partial charge in [-0.1, -0.05) is 39.0 Å². The predicted octanol–water partition coefficient (Wildman–Crippen LogP) is -2.39. The maximum absolute atomic E-state index is 11.8. The number of hydrogen-bond acceptors (Lipinski definition) is 5. The molecule has 0 aromatic heterocycles. The Morgan fingerprint density at radius 1 is 1.25 bits per heavy atom. The summed E-state index contributed by atoms with van der Waals surface area (Å²) in [5.41, 5.74) is 0. The number of carbonyl (C=O) groups is 2. The Kier molecular flexibility index (Phi) is 13.0. The minimum Gasteiger partial charge on any atom is -0.548 e. The van der Waals surface area contributed by atoms with Gasteiger partial charge in [-0.05, 0) is 19.3 Å². The normalized spacial score (nSPS) is 13.7. The van der Waals surface area contributed by atoms with Gasteiger partial charge in [0.25, 0.3) is 0 Å². The molecule has 3 N–H and O–H groups in total. The van der Waals surface area contributed by atoms with E-state index in [1.54, 1.807) is 0 Å². The molecular weight excluding hydrogens is 321 g/mol. The second-order valence-electron chi connectivity index (χ2n) is 5.58. The Morgan fingerprint density at radius 3 is 2.38 bits per heavy atom. The van der Waals surface area contributed by atoms with Gasteiger partial charge in [0.15, 0.2) is 5.96 Å². The van der Waals surface area contributed by atoms with Crippen LogP contribution in [0.25, 0.3) is 0 Å². The third kappa shape index (κ3) is 14.9. The Balaban J connectivity index is 0. The number of aliphatic hydroxyl groups excluding tert-OH is 1. The largest absolute Gasteiger partial charge is 1.00 e. The number of likely N-dealkylation sites (N-methyl/N-ethyl adjacent to an activating group) is 1. The molecule has 1 atom stereocenters. The number of rotatable bonds is 12. The number of hydrogen-bond donors (Lipinski definition) is 3. The van der Waals surface area contributed by atoms with Crippen LogP contribution in [0.1, 0.15) is 68.8 Å². The van der Waals surface area contributed by atoms with Gasteiger partial charge in [0.2, 0.25) is 5.91 Å². The van der Waals surface area contributed by atoms with Crippen LogP contribution in [0, 0.1) is 5.41 Å². The summed E-state index contributed by atoms with van der Waals surface area (Å²) < 4.78 is 21.6. The van der Waals surface area contributed by atoms with Crippen molar-refractivity contribution in [1.29, 1.82) is 5.41 Å². The van der Waals surface area contributed by atoms with E-state index in [0.717, 1.165) is 44.9 Å². The topological polar surface area (TPSA) is 117 Å².